The molecule has 0 amide bonds. The highest BCUT2D eigenvalue weighted by Gasteiger charge is 2.02. The quantitative estimate of drug-likeness (QED) is 0.606. The number of aliphatic imine (C=N–C) groups is 1. The van der Waals surface area contributed by atoms with Gasteiger partial charge in [-0.15, -0.1) is 0 Å². The van der Waals surface area contributed by atoms with Crippen LogP contribution < -0.4 is 11.1 Å². The van der Waals surface area contributed by atoms with Crippen LogP contribution in [-0.4, -0.2) is 12.5 Å². The normalized spacial score (nSPS) is 11.9. The molecule has 3 heteroatoms. The van der Waals surface area contributed by atoms with Crippen LogP contribution in [0.3, 0.4) is 0 Å². The third kappa shape index (κ3) is 4.89. The van der Waals surface area contributed by atoms with Gasteiger partial charge in [-0.2, -0.15) is 0 Å². The van der Waals surface area contributed by atoms with Gasteiger partial charge in [0.25, 0.3) is 0 Å². The summed E-state index contributed by atoms with van der Waals surface area (Å²) in [6.45, 7) is 7.24. The summed E-state index contributed by atoms with van der Waals surface area (Å²) in [5, 5.41) is 3.10. The van der Waals surface area contributed by atoms with Gasteiger partial charge in [-0.1, -0.05) is 44.4 Å². The smallest absolute Gasteiger partial charge is 0.193 e. The van der Waals surface area contributed by atoms with E-state index in [9.17, 15) is 0 Å². The summed E-state index contributed by atoms with van der Waals surface area (Å²) >= 11 is 0. The highest BCUT2D eigenvalue weighted by atomic mass is 15.1. The fourth-order valence-electron chi connectivity index (χ4n) is 1.60. The number of hydrogen-bond acceptors (Lipinski definition) is 1. The average Bonchev–Trinajstić information content (AvgIpc) is 2.33. The Morgan fingerprint density at radius 2 is 1.82 bits per heavy atom. The zero-order valence-electron chi connectivity index (χ0n) is 11.0. The van der Waals surface area contributed by atoms with Gasteiger partial charge in [0.15, 0.2) is 5.96 Å². The fraction of sp³-hybridized carbons (Fsp3) is 0.500. The first-order valence-corrected chi connectivity index (χ1v) is 6.29. The number of rotatable bonds is 5. The Bertz CT molecular complexity index is 350. The molecule has 0 aliphatic heterocycles. The van der Waals surface area contributed by atoms with Gasteiger partial charge < -0.3 is 11.1 Å². The predicted octanol–water partition coefficient (Wildman–Crippen LogP) is 3.16. The van der Waals surface area contributed by atoms with Crippen LogP contribution in [0.1, 0.15) is 32.3 Å². The average molecular weight is 233 g/mol. The van der Waals surface area contributed by atoms with Gasteiger partial charge in [0, 0.05) is 12.2 Å². The Kier molecular flexibility index (Phi) is 5.53. The Balaban J connectivity index is 2.50. The minimum atomic E-state index is 0.501. The molecule has 1 rings (SSSR count). The Labute approximate surface area is 104 Å². The molecule has 0 saturated carbocycles. The Morgan fingerprint density at radius 3 is 2.35 bits per heavy atom. The minimum absolute atomic E-state index is 0.501. The SMILES string of the molecule is CCC(CC)CN=C(N)Nc1ccc(C)cc1. The van der Waals surface area contributed by atoms with E-state index in [1.165, 1.54) is 5.56 Å². The molecule has 0 bridgehead atoms. The van der Waals surface area contributed by atoms with Crippen molar-refractivity contribution in [3.05, 3.63) is 29.8 Å². The first kappa shape index (κ1) is 13.6. The van der Waals surface area contributed by atoms with E-state index in [4.69, 9.17) is 5.73 Å². The Morgan fingerprint density at radius 1 is 1.24 bits per heavy atom. The second-order valence-electron chi connectivity index (χ2n) is 4.40. The van der Waals surface area contributed by atoms with E-state index in [-0.39, 0.29) is 0 Å². The number of nitrogens with two attached hydrogens (primary N) is 1. The number of anilines is 1. The second kappa shape index (κ2) is 6.94. The van der Waals surface area contributed by atoms with Crippen molar-refractivity contribution in [1.29, 1.82) is 0 Å². The minimum Gasteiger partial charge on any atom is -0.370 e. The zero-order chi connectivity index (χ0) is 12.7. The lowest BCUT2D eigenvalue weighted by Crippen LogP contribution is -2.23. The van der Waals surface area contributed by atoms with E-state index in [1.54, 1.807) is 0 Å². The molecule has 94 valence electrons. The van der Waals surface area contributed by atoms with Gasteiger partial charge in [-0.3, -0.25) is 4.99 Å². The topological polar surface area (TPSA) is 50.4 Å². The van der Waals surface area contributed by atoms with Crippen LogP contribution in [-0.2, 0) is 0 Å². The van der Waals surface area contributed by atoms with Gasteiger partial charge in [0.2, 0.25) is 0 Å². The van der Waals surface area contributed by atoms with Gasteiger partial charge >= 0.3 is 0 Å². The molecule has 0 unspecified atom stereocenters. The molecule has 1 aromatic rings. The third-order valence-corrected chi connectivity index (χ3v) is 3.00. The summed E-state index contributed by atoms with van der Waals surface area (Å²) in [5.74, 6) is 1.13. The van der Waals surface area contributed by atoms with E-state index in [2.05, 4.69) is 43.2 Å². The lowest BCUT2D eigenvalue weighted by Gasteiger charge is -2.10. The van der Waals surface area contributed by atoms with Crippen LogP contribution >= 0.6 is 0 Å². The highest BCUT2D eigenvalue weighted by molar-refractivity contribution is 5.92. The first-order valence-electron chi connectivity index (χ1n) is 6.29. The van der Waals surface area contributed by atoms with E-state index in [1.807, 2.05) is 12.1 Å². The molecule has 17 heavy (non-hydrogen) atoms. The molecular weight excluding hydrogens is 210 g/mol. The molecule has 1 aromatic carbocycles. The molecule has 0 aromatic heterocycles. The van der Waals surface area contributed by atoms with E-state index in [0.29, 0.717) is 11.9 Å². The lowest BCUT2D eigenvalue weighted by molar-refractivity contribution is 0.506. The van der Waals surface area contributed by atoms with Crippen molar-refractivity contribution in [2.24, 2.45) is 16.6 Å². The molecule has 0 saturated heterocycles. The first-order chi connectivity index (χ1) is 8.15. The summed E-state index contributed by atoms with van der Waals surface area (Å²) in [6, 6.07) is 8.12. The highest BCUT2D eigenvalue weighted by Crippen LogP contribution is 2.09. The van der Waals surface area contributed by atoms with Gasteiger partial charge in [-0.05, 0) is 25.0 Å². The third-order valence-electron chi connectivity index (χ3n) is 3.00. The summed E-state index contributed by atoms with van der Waals surface area (Å²) < 4.78 is 0. The van der Waals surface area contributed by atoms with E-state index in [0.717, 1.165) is 25.1 Å². The number of hydrogen-bond donors (Lipinski definition) is 2. The summed E-state index contributed by atoms with van der Waals surface area (Å²) in [6.07, 6.45) is 2.30. The van der Waals surface area contributed by atoms with Crippen molar-refractivity contribution in [1.82, 2.24) is 0 Å². The largest absolute Gasteiger partial charge is 0.370 e. The molecular formula is C14H23N3. The van der Waals surface area contributed by atoms with Gasteiger partial charge in [-0.25, -0.2) is 0 Å². The fourth-order valence-corrected chi connectivity index (χ4v) is 1.60. The molecule has 3 nitrogen and oxygen atoms in total. The van der Waals surface area contributed by atoms with Gasteiger partial charge in [0.05, 0.1) is 0 Å². The van der Waals surface area contributed by atoms with E-state index >= 15 is 0 Å². The summed E-state index contributed by atoms with van der Waals surface area (Å²) in [4.78, 5) is 4.37. The van der Waals surface area contributed by atoms with Gasteiger partial charge in [0.1, 0.15) is 0 Å². The maximum atomic E-state index is 5.84. The maximum absolute atomic E-state index is 5.84. The zero-order valence-corrected chi connectivity index (χ0v) is 11.0. The van der Waals surface area contributed by atoms with Crippen molar-refractivity contribution in [2.75, 3.05) is 11.9 Å². The lowest BCUT2D eigenvalue weighted by atomic mass is 10.0. The number of aryl methyl sites for hydroxylation is 1. The molecule has 0 heterocycles. The van der Waals surface area contributed by atoms with Crippen molar-refractivity contribution in [3.8, 4) is 0 Å². The molecule has 0 aliphatic carbocycles. The van der Waals surface area contributed by atoms with Crippen molar-refractivity contribution < 1.29 is 0 Å². The predicted molar refractivity (Wildman–Crippen MR) is 75.4 cm³/mol. The molecule has 0 fully saturated rings. The summed E-state index contributed by atoms with van der Waals surface area (Å²) in [7, 11) is 0. The van der Waals surface area contributed by atoms with Crippen LogP contribution in [0.2, 0.25) is 0 Å². The summed E-state index contributed by atoms with van der Waals surface area (Å²) in [5.41, 5.74) is 8.07. The van der Waals surface area contributed by atoms with Crippen LogP contribution in [0.5, 0.6) is 0 Å². The number of nitrogens with zero attached hydrogens (tertiary/aromatic N) is 1. The number of benzene rings is 1. The number of guanidine groups is 1. The van der Waals surface area contributed by atoms with Crippen molar-refractivity contribution in [3.63, 3.8) is 0 Å². The molecule has 0 radical (unpaired) electrons. The van der Waals surface area contributed by atoms with Crippen molar-refractivity contribution in [2.45, 2.75) is 33.6 Å². The second-order valence-corrected chi connectivity index (χ2v) is 4.40. The van der Waals surface area contributed by atoms with E-state index < -0.39 is 0 Å². The van der Waals surface area contributed by atoms with Crippen LogP contribution in [0.4, 0.5) is 5.69 Å². The van der Waals surface area contributed by atoms with Crippen molar-refractivity contribution >= 4 is 11.6 Å². The number of nitrogens with one attached hydrogen (secondary N) is 1. The Hall–Kier alpha value is -1.51. The maximum Gasteiger partial charge on any atom is 0.193 e. The molecule has 0 atom stereocenters. The van der Waals surface area contributed by atoms with Crippen LogP contribution in [0.25, 0.3) is 0 Å². The van der Waals surface area contributed by atoms with Crippen LogP contribution in [0, 0.1) is 12.8 Å². The molecule has 3 N–H and O–H groups in total. The monoisotopic (exact) mass is 233 g/mol. The molecule has 0 aliphatic rings. The standard InChI is InChI=1S/C14H23N3/c1-4-12(5-2)10-16-14(15)17-13-8-6-11(3)7-9-13/h6-9,12H,4-5,10H2,1-3H3,(H3,15,16,17). The molecule has 0 spiro atoms. The van der Waals surface area contributed by atoms with Crippen LogP contribution in [0.15, 0.2) is 29.3 Å².